The summed E-state index contributed by atoms with van der Waals surface area (Å²) in [4.78, 5) is 12.6. The van der Waals surface area contributed by atoms with E-state index >= 15 is 0 Å². The minimum Gasteiger partial charge on any atom is -0.378 e. The molecule has 1 amide bonds. The van der Waals surface area contributed by atoms with Crippen molar-refractivity contribution in [1.82, 2.24) is 4.90 Å². The molecule has 0 radical (unpaired) electrons. The zero-order chi connectivity index (χ0) is 7.72. The molecular weight excluding hydrogens is 132 g/mol. The van der Waals surface area contributed by atoms with Crippen LogP contribution in [0.1, 0.15) is 6.42 Å². The van der Waals surface area contributed by atoms with Gasteiger partial charge in [-0.05, 0) is 6.42 Å². The van der Waals surface area contributed by atoms with Crippen molar-refractivity contribution in [2.45, 2.75) is 12.6 Å². The van der Waals surface area contributed by atoms with Gasteiger partial charge in [0.25, 0.3) is 0 Å². The predicted molar refractivity (Wildman–Crippen MR) is 35.9 cm³/mol. The van der Waals surface area contributed by atoms with Gasteiger partial charge in [-0.3, -0.25) is 4.79 Å². The highest BCUT2D eigenvalue weighted by atomic mass is 16.3. The standard InChI is InChI=1S/C6H12N2O2/c1-8-3-2-4(5(7)9)6(8)10/h4-5,9H,2-3,7H2,1H3. The molecule has 0 saturated carbocycles. The second-order valence-electron chi connectivity index (χ2n) is 2.65. The number of rotatable bonds is 1. The Kier molecular flexibility index (Phi) is 1.92. The van der Waals surface area contributed by atoms with E-state index in [0.29, 0.717) is 13.0 Å². The highest BCUT2D eigenvalue weighted by Crippen LogP contribution is 2.17. The molecule has 10 heavy (non-hydrogen) atoms. The maximum Gasteiger partial charge on any atom is 0.229 e. The van der Waals surface area contributed by atoms with Crippen molar-refractivity contribution < 1.29 is 9.90 Å². The first-order chi connectivity index (χ1) is 4.63. The molecule has 1 heterocycles. The van der Waals surface area contributed by atoms with Gasteiger partial charge in [0.1, 0.15) is 6.23 Å². The molecule has 1 rings (SSSR count). The maximum atomic E-state index is 11.0. The second kappa shape index (κ2) is 2.56. The third kappa shape index (κ3) is 1.12. The van der Waals surface area contributed by atoms with Gasteiger partial charge in [0.2, 0.25) is 5.91 Å². The van der Waals surface area contributed by atoms with Crippen molar-refractivity contribution in [3.63, 3.8) is 0 Å². The van der Waals surface area contributed by atoms with Crippen LogP contribution in [0.3, 0.4) is 0 Å². The number of nitrogens with two attached hydrogens (primary N) is 1. The zero-order valence-corrected chi connectivity index (χ0v) is 5.95. The molecule has 1 saturated heterocycles. The number of aliphatic hydroxyl groups is 1. The predicted octanol–water partition coefficient (Wildman–Crippen LogP) is -1.26. The fraction of sp³-hybridized carbons (Fsp3) is 0.833. The van der Waals surface area contributed by atoms with Crippen molar-refractivity contribution in [3.05, 3.63) is 0 Å². The van der Waals surface area contributed by atoms with Crippen molar-refractivity contribution in [2.75, 3.05) is 13.6 Å². The van der Waals surface area contributed by atoms with Gasteiger partial charge in [0, 0.05) is 13.6 Å². The molecule has 0 aromatic heterocycles. The topological polar surface area (TPSA) is 66.6 Å². The number of hydrogen-bond acceptors (Lipinski definition) is 3. The van der Waals surface area contributed by atoms with E-state index in [4.69, 9.17) is 10.8 Å². The quantitative estimate of drug-likeness (QED) is 0.451. The molecule has 0 spiro atoms. The van der Waals surface area contributed by atoms with Crippen molar-refractivity contribution >= 4 is 5.91 Å². The minimum absolute atomic E-state index is 0.0463. The Morgan fingerprint density at radius 2 is 2.50 bits per heavy atom. The first-order valence-corrected chi connectivity index (χ1v) is 3.31. The van der Waals surface area contributed by atoms with Gasteiger partial charge in [-0.25, -0.2) is 0 Å². The monoisotopic (exact) mass is 144 g/mol. The summed E-state index contributed by atoms with van der Waals surface area (Å²) in [5.41, 5.74) is 5.16. The molecule has 2 atom stereocenters. The van der Waals surface area contributed by atoms with Gasteiger partial charge >= 0.3 is 0 Å². The molecule has 1 aliphatic rings. The first-order valence-electron chi connectivity index (χ1n) is 3.31. The Bertz CT molecular complexity index is 147. The van der Waals surface area contributed by atoms with E-state index in [1.165, 1.54) is 0 Å². The minimum atomic E-state index is -0.988. The number of carbonyl (C=O) groups is 1. The van der Waals surface area contributed by atoms with E-state index in [9.17, 15) is 4.79 Å². The number of hydrogen-bond donors (Lipinski definition) is 2. The van der Waals surface area contributed by atoms with Crippen LogP contribution in [-0.4, -0.2) is 35.7 Å². The Hall–Kier alpha value is -0.610. The van der Waals surface area contributed by atoms with Crippen LogP contribution >= 0.6 is 0 Å². The number of amides is 1. The Morgan fingerprint density at radius 1 is 1.90 bits per heavy atom. The molecular formula is C6H12N2O2. The van der Waals surface area contributed by atoms with E-state index in [1.54, 1.807) is 11.9 Å². The molecule has 3 N–H and O–H groups in total. The molecule has 4 nitrogen and oxygen atoms in total. The summed E-state index contributed by atoms with van der Waals surface area (Å²) in [6.45, 7) is 0.706. The summed E-state index contributed by atoms with van der Waals surface area (Å²) >= 11 is 0. The Labute approximate surface area is 59.6 Å². The number of carbonyl (C=O) groups excluding carboxylic acids is 1. The smallest absolute Gasteiger partial charge is 0.229 e. The molecule has 2 unspecified atom stereocenters. The van der Waals surface area contributed by atoms with Crippen LogP contribution in [-0.2, 0) is 4.79 Å². The van der Waals surface area contributed by atoms with Gasteiger partial charge in [-0.2, -0.15) is 0 Å². The van der Waals surface area contributed by atoms with Crippen LogP contribution in [0.4, 0.5) is 0 Å². The van der Waals surface area contributed by atoms with Crippen LogP contribution in [0, 0.1) is 5.92 Å². The molecule has 1 aliphatic heterocycles. The Morgan fingerprint density at radius 3 is 2.70 bits per heavy atom. The lowest BCUT2D eigenvalue weighted by atomic mass is 10.1. The lowest BCUT2D eigenvalue weighted by molar-refractivity contribution is -0.132. The molecule has 0 aromatic carbocycles. The summed E-state index contributed by atoms with van der Waals surface area (Å²) in [5, 5.41) is 8.87. The summed E-state index contributed by atoms with van der Waals surface area (Å²) in [6.07, 6.45) is -0.315. The van der Waals surface area contributed by atoms with Gasteiger partial charge in [0.15, 0.2) is 0 Å². The third-order valence-corrected chi connectivity index (χ3v) is 1.88. The van der Waals surface area contributed by atoms with Crippen LogP contribution in [0.15, 0.2) is 0 Å². The second-order valence-corrected chi connectivity index (χ2v) is 2.65. The average molecular weight is 144 g/mol. The fourth-order valence-corrected chi connectivity index (χ4v) is 1.17. The molecule has 0 bridgehead atoms. The number of likely N-dealkylation sites (tertiary alicyclic amines) is 1. The molecule has 1 fully saturated rings. The van der Waals surface area contributed by atoms with E-state index in [1.807, 2.05) is 0 Å². The normalized spacial score (nSPS) is 29.3. The lowest BCUT2D eigenvalue weighted by Crippen LogP contribution is -2.35. The van der Waals surface area contributed by atoms with Gasteiger partial charge in [0.05, 0.1) is 5.92 Å². The lowest BCUT2D eigenvalue weighted by Gasteiger charge is -2.11. The summed E-state index contributed by atoms with van der Waals surface area (Å²) < 4.78 is 0. The maximum absolute atomic E-state index is 11.0. The highest BCUT2D eigenvalue weighted by Gasteiger charge is 2.32. The van der Waals surface area contributed by atoms with Gasteiger partial charge in [-0.15, -0.1) is 0 Å². The van der Waals surface area contributed by atoms with Crippen LogP contribution < -0.4 is 5.73 Å². The summed E-state index contributed by atoms with van der Waals surface area (Å²) in [5.74, 6) is -0.417. The molecule has 58 valence electrons. The number of aliphatic hydroxyl groups excluding tert-OH is 1. The molecule has 0 aliphatic carbocycles. The average Bonchev–Trinajstić information content (AvgIpc) is 2.14. The Balaban J connectivity index is 2.57. The van der Waals surface area contributed by atoms with E-state index < -0.39 is 6.23 Å². The van der Waals surface area contributed by atoms with Crippen LogP contribution in [0.2, 0.25) is 0 Å². The third-order valence-electron chi connectivity index (χ3n) is 1.88. The summed E-state index contributed by atoms with van der Waals surface area (Å²) in [7, 11) is 1.71. The zero-order valence-electron chi connectivity index (χ0n) is 5.95. The van der Waals surface area contributed by atoms with Gasteiger partial charge < -0.3 is 15.7 Å². The van der Waals surface area contributed by atoms with E-state index in [2.05, 4.69) is 0 Å². The van der Waals surface area contributed by atoms with E-state index in [0.717, 1.165) is 0 Å². The van der Waals surface area contributed by atoms with Crippen molar-refractivity contribution in [3.8, 4) is 0 Å². The van der Waals surface area contributed by atoms with Crippen molar-refractivity contribution in [1.29, 1.82) is 0 Å². The van der Waals surface area contributed by atoms with E-state index in [-0.39, 0.29) is 11.8 Å². The largest absolute Gasteiger partial charge is 0.378 e. The van der Waals surface area contributed by atoms with Crippen LogP contribution in [0.5, 0.6) is 0 Å². The highest BCUT2D eigenvalue weighted by molar-refractivity contribution is 5.80. The molecule has 4 heteroatoms. The number of nitrogens with zero attached hydrogens (tertiary/aromatic N) is 1. The fourth-order valence-electron chi connectivity index (χ4n) is 1.17. The van der Waals surface area contributed by atoms with Gasteiger partial charge in [-0.1, -0.05) is 0 Å². The molecule has 0 aromatic rings. The SMILES string of the molecule is CN1CCC(C(N)O)C1=O. The summed E-state index contributed by atoms with van der Waals surface area (Å²) in [6, 6.07) is 0. The van der Waals surface area contributed by atoms with Crippen molar-refractivity contribution in [2.24, 2.45) is 11.7 Å². The van der Waals surface area contributed by atoms with Crippen LogP contribution in [0.25, 0.3) is 0 Å². The first kappa shape index (κ1) is 7.50.